The highest BCUT2D eigenvalue weighted by atomic mass is 32.2. The second kappa shape index (κ2) is 10.5. The zero-order valence-electron chi connectivity index (χ0n) is 22.4. The van der Waals surface area contributed by atoms with Crippen LogP contribution in [0, 0.1) is 0 Å². The number of carbonyl (C=O) groups is 2. The second-order valence-corrected chi connectivity index (χ2v) is 11.3. The number of carbonyl (C=O) groups excluding carboxylic acids is 2. The van der Waals surface area contributed by atoms with E-state index in [1.54, 1.807) is 16.7 Å². The molecular formula is C31H28N4O5S. The zero-order chi connectivity index (χ0) is 27.9. The molecule has 3 heterocycles. The number of methoxy groups -OCH3 is 1. The molecule has 208 valence electrons. The van der Waals surface area contributed by atoms with E-state index in [-0.39, 0.29) is 42.2 Å². The van der Waals surface area contributed by atoms with Gasteiger partial charge in [-0.3, -0.25) is 14.5 Å². The first-order chi connectivity index (χ1) is 20.1. The van der Waals surface area contributed by atoms with Crippen molar-refractivity contribution in [3.63, 3.8) is 0 Å². The van der Waals surface area contributed by atoms with Crippen LogP contribution in [0.15, 0.2) is 72.8 Å². The molecular weight excluding hydrogens is 540 g/mol. The first kappa shape index (κ1) is 25.5. The lowest BCUT2D eigenvalue weighted by molar-refractivity contribution is -0.123. The minimum absolute atomic E-state index is 0.0904. The normalized spacial score (nSPS) is 17.6. The molecule has 9 nitrogen and oxygen atoms in total. The summed E-state index contributed by atoms with van der Waals surface area (Å²) in [5.41, 5.74) is 4.24. The predicted octanol–water partition coefficient (Wildman–Crippen LogP) is 4.72. The highest BCUT2D eigenvalue weighted by molar-refractivity contribution is 8.00. The van der Waals surface area contributed by atoms with Crippen LogP contribution in [0.5, 0.6) is 17.2 Å². The molecule has 3 aromatic carbocycles. The topological polar surface area (TPSA) is 94.9 Å². The van der Waals surface area contributed by atoms with Gasteiger partial charge in [0.15, 0.2) is 11.5 Å². The molecule has 0 spiro atoms. The fourth-order valence-electron chi connectivity index (χ4n) is 5.22. The third kappa shape index (κ3) is 4.88. The van der Waals surface area contributed by atoms with Crippen molar-refractivity contribution in [1.82, 2.24) is 15.1 Å². The maximum Gasteiger partial charge on any atom is 0.240 e. The first-order valence-corrected chi connectivity index (χ1v) is 14.6. The summed E-state index contributed by atoms with van der Waals surface area (Å²) in [4.78, 5) is 28.5. The van der Waals surface area contributed by atoms with Gasteiger partial charge < -0.3 is 19.5 Å². The van der Waals surface area contributed by atoms with Crippen LogP contribution in [-0.4, -0.2) is 53.8 Å². The molecule has 1 fully saturated rings. The molecule has 1 N–H and O–H groups in total. The third-order valence-corrected chi connectivity index (χ3v) is 8.65. The Balaban J connectivity index is 1.45. The average molecular weight is 569 g/mol. The molecule has 4 aromatic rings. The van der Waals surface area contributed by atoms with Crippen LogP contribution in [0.1, 0.15) is 29.2 Å². The fourth-order valence-corrected chi connectivity index (χ4v) is 6.40. The number of anilines is 1. The van der Waals surface area contributed by atoms with Crippen LogP contribution in [0.2, 0.25) is 0 Å². The number of hydrogen-bond donors (Lipinski definition) is 1. The van der Waals surface area contributed by atoms with E-state index in [4.69, 9.17) is 19.3 Å². The van der Waals surface area contributed by atoms with E-state index < -0.39 is 0 Å². The molecule has 10 heteroatoms. The number of thioether (sulfide) groups is 1. The molecule has 0 bridgehead atoms. The van der Waals surface area contributed by atoms with E-state index in [9.17, 15) is 9.59 Å². The van der Waals surface area contributed by atoms with Gasteiger partial charge in [0.25, 0.3) is 0 Å². The molecule has 2 amide bonds. The number of amides is 2. The van der Waals surface area contributed by atoms with Gasteiger partial charge in [0.1, 0.15) is 18.1 Å². The van der Waals surface area contributed by atoms with Crippen molar-refractivity contribution in [2.75, 3.05) is 31.1 Å². The number of hydrogen-bond acceptors (Lipinski definition) is 7. The highest BCUT2D eigenvalue weighted by Gasteiger charge is 2.38. The maximum atomic E-state index is 13.8. The van der Waals surface area contributed by atoms with Crippen molar-refractivity contribution in [3.8, 4) is 34.2 Å². The number of benzene rings is 3. The minimum atomic E-state index is -0.262. The van der Waals surface area contributed by atoms with Crippen molar-refractivity contribution in [2.24, 2.45) is 0 Å². The van der Waals surface area contributed by atoms with E-state index >= 15 is 0 Å². The van der Waals surface area contributed by atoms with Gasteiger partial charge in [-0.05, 0) is 54.8 Å². The summed E-state index contributed by atoms with van der Waals surface area (Å²) in [6.45, 7) is 0.0850. The van der Waals surface area contributed by atoms with Crippen LogP contribution in [0.25, 0.3) is 16.9 Å². The molecule has 2 aliphatic heterocycles. The number of rotatable bonds is 7. The van der Waals surface area contributed by atoms with Crippen molar-refractivity contribution >= 4 is 29.4 Å². The molecule has 41 heavy (non-hydrogen) atoms. The minimum Gasteiger partial charge on any atom is -0.497 e. The van der Waals surface area contributed by atoms with Crippen LogP contribution in [0.4, 0.5) is 5.82 Å². The zero-order valence-corrected chi connectivity index (χ0v) is 23.2. The Hall–Kier alpha value is -4.44. The lowest BCUT2D eigenvalue weighted by Crippen LogP contribution is -2.43. The fraction of sp³-hybridized carbons (Fsp3) is 0.258. The van der Waals surface area contributed by atoms with Crippen LogP contribution >= 0.6 is 11.8 Å². The molecule has 1 aliphatic carbocycles. The van der Waals surface area contributed by atoms with Gasteiger partial charge in [0.05, 0.1) is 29.5 Å². The summed E-state index contributed by atoms with van der Waals surface area (Å²) in [6.07, 6.45) is 1.93. The Morgan fingerprint density at radius 1 is 1.05 bits per heavy atom. The molecule has 0 saturated heterocycles. The Kier molecular flexibility index (Phi) is 6.54. The van der Waals surface area contributed by atoms with Gasteiger partial charge in [0.2, 0.25) is 18.6 Å². The van der Waals surface area contributed by atoms with Gasteiger partial charge >= 0.3 is 0 Å². The predicted molar refractivity (Wildman–Crippen MR) is 156 cm³/mol. The SMILES string of the molecule is COc1ccc(-n2nc(-c3ccccc3)c3c2N(CC(=O)NC2CC2)C(=O)CSC3c2ccc3c(c2)OCO3)cc1. The van der Waals surface area contributed by atoms with Crippen LogP contribution < -0.4 is 24.4 Å². The Labute approximate surface area is 241 Å². The molecule has 3 aliphatic rings. The standard InChI is InChI=1S/C31H28N4O5S/c1-38-23-12-10-22(11-13-23)35-31-28(29(33-35)19-5-3-2-4-6-19)30(20-7-14-24-25(15-20)40-18-39-24)41-17-27(37)34(31)16-26(36)32-21-8-9-21/h2-7,10-15,21,30H,8-9,16-18H2,1H3,(H,32,36). The quantitative estimate of drug-likeness (QED) is 0.345. The van der Waals surface area contributed by atoms with Crippen LogP contribution in [-0.2, 0) is 9.59 Å². The van der Waals surface area contributed by atoms with Crippen molar-refractivity contribution in [1.29, 1.82) is 0 Å². The summed E-state index contributed by atoms with van der Waals surface area (Å²) in [6, 6.07) is 23.5. The molecule has 7 rings (SSSR count). The first-order valence-electron chi connectivity index (χ1n) is 13.5. The van der Waals surface area contributed by atoms with Crippen molar-refractivity contribution in [3.05, 3.63) is 83.9 Å². The Morgan fingerprint density at radius 3 is 2.59 bits per heavy atom. The number of fused-ring (bicyclic) bond motifs is 2. The largest absolute Gasteiger partial charge is 0.497 e. The monoisotopic (exact) mass is 568 g/mol. The van der Waals surface area contributed by atoms with Gasteiger partial charge in [-0.1, -0.05) is 36.4 Å². The summed E-state index contributed by atoms with van der Waals surface area (Å²) >= 11 is 1.52. The summed E-state index contributed by atoms with van der Waals surface area (Å²) in [5, 5.41) is 7.90. The second-order valence-electron chi connectivity index (χ2n) is 10.2. The molecule has 1 atom stereocenters. The average Bonchev–Trinajstić information content (AvgIpc) is 3.58. The van der Waals surface area contributed by atoms with E-state index in [2.05, 4.69) is 5.32 Å². The van der Waals surface area contributed by atoms with Crippen LogP contribution in [0.3, 0.4) is 0 Å². The highest BCUT2D eigenvalue weighted by Crippen LogP contribution is 2.50. The summed E-state index contributed by atoms with van der Waals surface area (Å²) in [5.74, 6) is 2.52. The number of nitrogens with zero attached hydrogens (tertiary/aromatic N) is 3. The van der Waals surface area contributed by atoms with Gasteiger partial charge in [0, 0.05) is 17.2 Å². The van der Waals surface area contributed by atoms with E-state index in [0.717, 1.165) is 40.9 Å². The lowest BCUT2D eigenvalue weighted by atomic mass is 9.99. The van der Waals surface area contributed by atoms with E-state index in [1.165, 1.54) is 11.8 Å². The number of aromatic nitrogens is 2. The van der Waals surface area contributed by atoms with Gasteiger partial charge in [-0.15, -0.1) is 11.8 Å². The Bertz CT molecular complexity index is 1620. The van der Waals surface area contributed by atoms with E-state index in [0.29, 0.717) is 23.1 Å². The van der Waals surface area contributed by atoms with Crippen molar-refractivity contribution in [2.45, 2.75) is 24.1 Å². The number of nitrogens with one attached hydrogen (secondary N) is 1. The maximum absolute atomic E-state index is 13.8. The smallest absolute Gasteiger partial charge is 0.240 e. The summed E-state index contributed by atoms with van der Waals surface area (Å²) < 4.78 is 18.4. The molecule has 1 unspecified atom stereocenters. The third-order valence-electron chi connectivity index (χ3n) is 7.40. The molecule has 1 aromatic heterocycles. The summed E-state index contributed by atoms with van der Waals surface area (Å²) in [7, 11) is 1.62. The lowest BCUT2D eigenvalue weighted by Gasteiger charge is -2.23. The van der Waals surface area contributed by atoms with Gasteiger partial charge in [-0.25, -0.2) is 4.68 Å². The number of ether oxygens (including phenoxy) is 3. The van der Waals surface area contributed by atoms with Gasteiger partial charge in [-0.2, -0.15) is 5.10 Å². The van der Waals surface area contributed by atoms with Crippen molar-refractivity contribution < 1.29 is 23.8 Å². The Morgan fingerprint density at radius 2 is 1.83 bits per heavy atom. The molecule has 0 radical (unpaired) electrons. The molecule has 1 saturated carbocycles. The van der Waals surface area contributed by atoms with E-state index in [1.807, 2.05) is 72.8 Å².